The van der Waals surface area contributed by atoms with Crippen molar-refractivity contribution in [1.29, 1.82) is 0 Å². The van der Waals surface area contributed by atoms with Gasteiger partial charge in [-0.15, -0.1) is 0 Å². The van der Waals surface area contributed by atoms with E-state index in [1.165, 1.54) is 24.1 Å². The molecule has 0 atom stereocenters. The van der Waals surface area contributed by atoms with Gasteiger partial charge in [0.2, 0.25) is 0 Å². The van der Waals surface area contributed by atoms with Crippen molar-refractivity contribution < 1.29 is 4.79 Å². The number of aromatic nitrogens is 2. The standard InChI is InChI=1S/C19H24N4O/c24-19(23-9-6-18-17(13-23)12-21-22-18)16-3-1-2-15(11-16)10-14-4-7-20-8-5-14/h1-3,11-12,14,20H,4-10,13H2,(H,21,22). The summed E-state index contributed by atoms with van der Waals surface area (Å²) >= 11 is 0. The molecule has 1 saturated heterocycles. The van der Waals surface area contributed by atoms with E-state index in [0.717, 1.165) is 49.5 Å². The van der Waals surface area contributed by atoms with E-state index in [0.29, 0.717) is 6.54 Å². The molecule has 2 aliphatic heterocycles. The number of nitrogens with zero attached hydrogens (tertiary/aromatic N) is 2. The van der Waals surface area contributed by atoms with Crippen LogP contribution >= 0.6 is 0 Å². The zero-order valence-electron chi connectivity index (χ0n) is 13.9. The number of carbonyl (C=O) groups excluding carboxylic acids is 1. The highest BCUT2D eigenvalue weighted by Crippen LogP contribution is 2.21. The summed E-state index contributed by atoms with van der Waals surface area (Å²) in [5, 5.41) is 10.5. The lowest BCUT2D eigenvalue weighted by atomic mass is 9.90. The van der Waals surface area contributed by atoms with Crippen LogP contribution in [0.15, 0.2) is 30.5 Å². The Labute approximate surface area is 142 Å². The Kier molecular flexibility index (Phi) is 4.34. The van der Waals surface area contributed by atoms with Crippen molar-refractivity contribution in [2.24, 2.45) is 5.92 Å². The average molecular weight is 324 g/mol. The fourth-order valence-corrected chi connectivity index (χ4v) is 3.83. The van der Waals surface area contributed by atoms with Gasteiger partial charge in [0.1, 0.15) is 0 Å². The van der Waals surface area contributed by atoms with E-state index in [1.807, 2.05) is 23.2 Å². The van der Waals surface area contributed by atoms with Gasteiger partial charge in [0.25, 0.3) is 5.91 Å². The zero-order chi connectivity index (χ0) is 16.4. The van der Waals surface area contributed by atoms with Gasteiger partial charge in [0.15, 0.2) is 0 Å². The highest BCUT2D eigenvalue weighted by Gasteiger charge is 2.23. The number of H-pyrrole nitrogens is 1. The number of aromatic amines is 1. The predicted octanol–water partition coefficient (Wildman–Crippen LogP) is 2.15. The molecule has 1 aromatic carbocycles. The van der Waals surface area contributed by atoms with Crippen LogP contribution in [0.4, 0.5) is 0 Å². The molecule has 5 nitrogen and oxygen atoms in total. The molecule has 5 heteroatoms. The second-order valence-electron chi connectivity index (χ2n) is 6.95. The molecule has 3 heterocycles. The quantitative estimate of drug-likeness (QED) is 0.909. The van der Waals surface area contributed by atoms with Crippen molar-refractivity contribution in [2.45, 2.75) is 32.2 Å². The molecule has 0 bridgehead atoms. The number of fused-ring (bicyclic) bond motifs is 1. The summed E-state index contributed by atoms with van der Waals surface area (Å²) < 4.78 is 0. The van der Waals surface area contributed by atoms with E-state index >= 15 is 0 Å². The van der Waals surface area contributed by atoms with Crippen LogP contribution in [0.5, 0.6) is 0 Å². The van der Waals surface area contributed by atoms with Crippen molar-refractivity contribution in [3.8, 4) is 0 Å². The smallest absolute Gasteiger partial charge is 0.254 e. The Morgan fingerprint density at radius 1 is 1.29 bits per heavy atom. The fraction of sp³-hybridized carbons (Fsp3) is 0.474. The lowest BCUT2D eigenvalue weighted by Gasteiger charge is -2.27. The van der Waals surface area contributed by atoms with Gasteiger partial charge in [-0.25, -0.2) is 0 Å². The number of piperidine rings is 1. The maximum atomic E-state index is 12.9. The Bertz CT molecular complexity index is 718. The van der Waals surface area contributed by atoms with E-state index in [1.54, 1.807) is 0 Å². The molecule has 2 N–H and O–H groups in total. The molecule has 4 rings (SSSR count). The number of hydrogen-bond donors (Lipinski definition) is 2. The van der Waals surface area contributed by atoms with E-state index < -0.39 is 0 Å². The lowest BCUT2D eigenvalue weighted by molar-refractivity contribution is 0.0734. The maximum Gasteiger partial charge on any atom is 0.254 e. The molecule has 0 aliphatic carbocycles. The molecule has 2 aromatic rings. The molecule has 1 aromatic heterocycles. The molecular weight excluding hydrogens is 300 g/mol. The third-order valence-corrected chi connectivity index (χ3v) is 5.24. The summed E-state index contributed by atoms with van der Waals surface area (Å²) in [6, 6.07) is 8.22. The first-order valence-electron chi connectivity index (χ1n) is 8.89. The van der Waals surface area contributed by atoms with Gasteiger partial charge in [0.05, 0.1) is 6.20 Å². The van der Waals surface area contributed by atoms with E-state index in [4.69, 9.17) is 0 Å². The van der Waals surface area contributed by atoms with Crippen LogP contribution in [0.2, 0.25) is 0 Å². The second kappa shape index (κ2) is 6.77. The minimum absolute atomic E-state index is 0.133. The van der Waals surface area contributed by atoms with Gasteiger partial charge >= 0.3 is 0 Å². The topological polar surface area (TPSA) is 61.0 Å². The molecule has 0 spiro atoms. The highest BCUT2D eigenvalue weighted by molar-refractivity contribution is 5.94. The van der Waals surface area contributed by atoms with Crippen LogP contribution in [0.1, 0.15) is 40.0 Å². The molecule has 126 valence electrons. The first kappa shape index (κ1) is 15.4. The molecule has 2 aliphatic rings. The Morgan fingerprint density at radius 3 is 3.04 bits per heavy atom. The summed E-state index contributed by atoms with van der Waals surface area (Å²) in [5.41, 5.74) is 4.40. The molecule has 1 amide bonds. The summed E-state index contributed by atoms with van der Waals surface area (Å²) in [5.74, 6) is 0.870. The van der Waals surface area contributed by atoms with Gasteiger partial charge in [-0.1, -0.05) is 12.1 Å². The van der Waals surface area contributed by atoms with Crippen LogP contribution < -0.4 is 5.32 Å². The molecular formula is C19H24N4O. The highest BCUT2D eigenvalue weighted by atomic mass is 16.2. The minimum atomic E-state index is 0.133. The SMILES string of the molecule is O=C(c1cccc(CC2CCNCC2)c1)N1CCc2[nH]ncc2C1. The Morgan fingerprint density at radius 2 is 2.17 bits per heavy atom. The Balaban J connectivity index is 1.45. The van der Waals surface area contributed by atoms with Crippen molar-refractivity contribution in [1.82, 2.24) is 20.4 Å². The van der Waals surface area contributed by atoms with Gasteiger partial charge in [0, 0.05) is 36.3 Å². The van der Waals surface area contributed by atoms with E-state index in [-0.39, 0.29) is 5.91 Å². The molecule has 0 unspecified atom stereocenters. The van der Waals surface area contributed by atoms with E-state index in [9.17, 15) is 4.79 Å². The summed E-state index contributed by atoms with van der Waals surface area (Å²) in [6.45, 7) is 3.64. The average Bonchev–Trinajstić information content (AvgIpc) is 3.10. The first-order valence-corrected chi connectivity index (χ1v) is 8.89. The van der Waals surface area contributed by atoms with Crippen molar-refractivity contribution in [3.63, 3.8) is 0 Å². The van der Waals surface area contributed by atoms with Gasteiger partial charge in [-0.05, 0) is 56.0 Å². The third-order valence-electron chi connectivity index (χ3n) is 5.24. The summed E-state index contributed by atoms with van der Waals surface area (Å²) in [7, 11) is 0. The molecule has 0 radical (unpaired) electrons. The molecule has 24 heavy (non-hydrogen) atoms. The normalized spacial score (nSPS) is 18.4. The Hall–Kier alpha value is -2.14. The van der Waals surface area contributed by atoms with Crippen molar-refractivity contribution >= 4 is 5.91 Å². The molecule has 1 fully saturated rings. The van der Waals surface area contributed by atoms with Gasteiger partial charge in [-0.3, -0.25) is 9.89 Å². The fourth-order valence-electron chi connectivity index (χ4n) is 3.83. The van der Waals surface area contributed by atoms with Gasteiger partial charge < -0.3 is 10.2 Å². The lowest BCUT2D eigenvalue weighted by Crippen LogP contribution is -2.35. The third kappa shape index (κ3) is 3.22. The number of nitrogens with one attached hydrogen (secondary N) is 2. The van der Waals surface area contributed by atoms with Crippen LogP contribution in [0, 0.1) is 5.92 Å². The monoisotopic (exact) mass is 324 g/mol. The van der Waals surface area contributed by atoms with E-state index in [2.05, 4.69) is 27.6 Å². The van der Waals surface area contributed by atoms with Crippen molar-refractivity contribution in [3.05, 3.63) is 52.8 Å². The van der Waals surface area contributed by atoms with Crippen LogP contribution in [-0.2, 0) is 19.4 Å². The van der Waals surface area contributed by atoms with Crippen LogP contribution in [0.3, 0.4) is 0 Å². The first-order chi connectivity index (χ1) is 11.8. The largest absolute Gasteiger partial charge is 0.334 e. The zero-order valence-corrected chi connectivity index (χ0v) is 13.9. The second-order valence-corrected chi connectivity index (χ2v) is 6.95. The van der Waals surface area contributed by atoms with Crippen molar-refractivity contribution in [2.75, 3.05) is 19.6 Å². The van der Waals surface area contributed by atoms with Gasteiger partial charge in [-0.2, -0.15) is 5.10 Å². The number of carbonyl (C=O) groups is 1. The number of benzene rings is 1. The number of hydrogen-bond acceptors (Lipinski definition) is 3. The predicted molar refractivity (Wildman–Crippen MR) is 92.8 cm³/mol. The van der Waals surface area contributed by atoms with Crippen LogP contribution in [0.25, 0.3) is 0 Å². The minimum Gasteiger partial charge on any atom is -0.334 e. The number of amides is 1. The van der Waals surface area contributed by atoms with Crippen LogP contribution in [-0.4, -0.2) is 40.6 Å². The summed E-state index contributed by atoms with van der Waals surface area (Å²) in [6.07, 6.45) is 6.23. The maximum absolute atomic E-state index is 12.9. The summed E-state index contributed by atoms with van der Waals surface area (Å²) in [4.78, 5) is 14.8. The number of rotatable bonds is 3. The molecule has 0 saturated carbocycles.